The number of rotatable bonds is 3. The van der Waals surface area contributed by atoms with Crippen LogP contribution in [-0.2, 0) is 0 Å². The molecule has 0 radical (unpaired) electrons. The van der Waals surface area contributed by atoms with Crippen LogP contribution in [0.5, 0.6) is 0 Å². The van der Waals surface area contributed by atoms with Gasteiger partial charge in [0.05, 0.1) is 5.56 Å². The first-order valence-electron chi connectivity index (χ1n) is 6.14. The van der Waals surface area contributed by atoms with Gasteiger partial charge in [-0.1, -0.05) is 17.7 Å². The molecule has 0 amide bonds. The number of nitrogens with one attached hydrogen (secondary N) is 1. The van der Waals surface area contributed by atoms with Gasteiger partial charge in [0.1, 0.15) is 23.3 Å². The van der Waals surface area contributed by atoms with Gasteiger partial charge in [0.2, 0.25) is 0 Å². The lowest BCUT2D eigenvalue weighted by Gasteiger charge is -2.20. The number of aromatic nitrogens is 4. The number of nitrogens with zero attached hydrogens (tertiary/aromatic N) is 4. The van der Waals surface area contributed by atoms with Crippen molar-refractivity contribution < 1.29 is 13.2 Å². The molecule has 5 nitrogen and oxygen atoms in total. The number of halogens is 4. The maximum Gasteiger partial charge on any atom is 0.408 e. The maximum absolute atomic E-state index is 12.9. The van der Waals surface area contributed by atoms with Crippen LogP contribution in [0.2, 0.25) is 5.15 Å². The van der Waals surface area contributed by atoms with E-state index in [-0.39, 0.29) is 16.7 Å². The predicted octanol–water partition coefficient (Wildman–Crippen LogP) is 3.87. The van der Waals surface area contributed by atoms with Crippen LogP contribution in [0.3, 0.4) is 0 Å². The third-order valence-electron chi connectivity index (χ3n) is 2.99. The lowest BCUT2D eigenvalue weighted by molar-refractivity contribution is -0.138. The Morgan fingerprint density at radius 1 is 1.41 bits per heavy atom. The minimum absolute atomic E-state index is 0.0693. The van der Waals surface area contributed by atoms with Crippen molar-refractivity contribution in [2.45, 2.75) is 19.1 Å². The Labute approximate surface area is 131 Å². The summed E-state index contributed by atoms with van der Waals surface area (Å²) >= 11 is 7.49. The van der Waals surface area contributed by atoms with E-state index in [9.17, 15) is 13.2 Å². The highest BCUT2D eigenvalue weighted by Crippen LogP contribution is 2.37. The van der Waals surface area contributed by atoms with Gasteiger partial charge in [-0.05, 0) is 18.4 Å². The largest absolute Gasteiger partial charge is 0.408 e. The van der Waals surface area contributed by atoms with E-state index in [0.29, 0.717) is 10.4 Å². The summed E-state index contributed by atoms with van der Waals surface area (Å²) in [7, 11) is 0. The van der Waals surface area contributed by atoms with Crippen molar-refractivity contribution >= 4 is 34.5 Å². The molecule has 0 bridgehead atoms. The number of thiophene rings is 1. The summed E-state index contributed by atoms with van der Waals surface area (Å²) in [5.41, 5.74) is 0.366. The zero-order chi connectivity index (χ0) is 15.9. The Kier molecular flexibility index (Phi) is 3.69. The van der Waals surface area contributed by atoms with Crippen molar-refractivity contribution in [1.29, 1.82) is 0 Å². The number of hydrogen-bond acceptors (Lipinski definition) is 5. The van der Waals surface area contributed by atoms with E-state index in [1.165, 1.54) is 22.2 Å². The molecule has 0 aromatic carbocycles. The van der Waals surface area contributed by atoms with Gasteiger partial charge in [-0.2, -0.15) is 32.8 Å². The first-order valence-corrected chi connectivity index (χ1v) is 7.40. The van der Waals surface area contributed by atoms with Crippen molar-refractivity contribution in [3.63, 3.8) is 0 Å². The second-order valence-electron chi connectivity index (χ2n) is 4.48. The Morgan fingerprint density at radius 2 is 2.18 bits per heavy atom. The van der Waals surface area contributed by atoms with Gasteiger partial charge in [-0.3, -0.25) is 0 Å². The van der Waals surface area contributed by atoms with Crippen LogP contribution in [-0.4, -0.2) is 31.8 Å². The van der Waals surface area contributed by atoms with Crippen LogP contribution in [0.25, 0.3) is 16.2 Å². The molecule has 0 saturated heterocycles. The summed E-state index contributed by atoms with van der Waals surface area (Å²) in [6.45, 7) is 1.02. The molecule has 0 aliphatic heterocycles. The van der Waals surface area contributed by atoms with Crippen LogP contribution in [0.15, 0.2) is 23.8 Å². The third-order valence-corrected chi connectivity index (χ3v) is 4.16. The van der Waals surface area contributed by atoms with E-state index in [0.717, 1.165) is 6.92 Å². The van der Waals surface area contributed by atoms with Crippen LogP contribution in [0.4, 0.5) is 19.0 Å². The normalized spacial score (nSPS) is 13.5. The summed E-state index contributed by atoms with van der Waals surface area (Å²) < 4.78 is 39.9. The molecular formula is C12H9ClF3N5S. The molecule has 0 saturated carbocycles. The van der Waals surface area contributed by atoms with E-state index in [1.807, 2.05) is 0 Å². The molecule has 1 N–H and O–H groups in total. The molecule has 3 rings (SSSR count). The van der Waals surface area contributed by atoms with E-state index in [2.05, 4.69) is 20.4 Å². The molecular weight excluding hydrogens is 339 g/mol. The molecule has 3 aromatic heterocycles. The average molecular weight is 348 g/mol. The summed E-state index contributed by atoms with van der Waals surface area (Å²) in [5.74, 6) is 0.238. The van der Waals surface area contributed by atoms with Gasteiger partial charge < -0.3 is 5.32 Å². The second kappa shape index (κ2) is 5.40. The van der Waals surface area contributed by atoms with E-state index in [4.69, 9.17) is 11.6 Å². The highest BCUT2D eigenvalue weighted by atomic mass is 35.5. The van der Waals surface area contributed by atoms with E-state index in [1.54, 1.807) is 17.5 Å². The Hall–Kier alpha value is -1.87. The SMILES string of the molecule is C[C@@H](Nc1c(-c2cccs2)c(Cl)nc2ncnn12)C(F)(F)F. The lowest BCUT2D eigenvalue weighted by Crippen LogP contribution is -2.34. The zero-order valence-electron chi connectivity index (χ0n) is 11.1. The summed E-state index contributed by atoms with van der Waals surface area (Å²) in [6, 6.07) is 1.75. The molecule has 0 unspecified atom stereocenters. The lowest BCUT2D eigenvalue weighted by atomic mass is 10.2. The number of fused-ring (bicyclic) bond motifs is 1. The molecule has 22 heavy (non-hydrogen) atoms. The van der Waals surface area contributed by atoms with Gasteiger partial charge in [0, 0.05) is 4.88 Å². The highest BCUT2D eigenvalue weighted by Gasteiger charge is 2.37. The molecule has 3 aromatic rings. The summed E-state index contributed by atoms with van der Waals surface area (Å²) in [4.78, 5) is 8.62. The third kappa shape index (κ3) is 2.61. The van der Waals surface area contributed by atoms with Crippen molar-refractivity contribution in [2.75, 3.05) is 5.32 Å². The van der Waals surface area contributed by atoms with Crippen molar-refractivity contribution in [3.05, 3.63) is 29.0 Å². The maximum atomic E-state index is 12.9. The fraction of sp³-hybridized carbons (Fsp3) is 0.250. The van der Waals surface area contributed by atoms with Crippen LogP contribution < -0.4 is 5.32 Å². The van der Waals surface area contributed by atoms with Crippen molar-refractivity contribution in [2.24, 2.45) is 0 Å². The van der Waals surface area contributed by atoms with Crippen LogP contribution in [0.1, 0.15) is 6.92 Å². The average Bonchev–Trinajstić information content (AvgIpc) is 3.07. The van der Waals surface area contributed by atoms with Gasteiger partial charge in [0.15, 0.2) is 0 Å². The molecule has 116 valence electrons. The quantitative estimate of drug-likeness (QED) is 0.731. The van der Waals surface area contributed by atoms with Crippen molar-refractivity contribution in [1.82, 2.24) is 19.6 Å². The van der Waals surface area contributed by atoms with Gasteiger partial charge in [-0.25, -0.2) is 0 Å². The number of hydrogen-bond donors (Lipinski definition) is 1. The van der Waals surface area contributed by atoms with Crippen molar-refractivity contribution in [3.8, 4) is 10.4 Å². The Bertz CT molecular complexity index is 799. The molecule has 10 heteroatoms. The smallest absolute Gasteiger partial charge is 0.358 e. The van der Waals surface area contributed by atoms with Crippen LogP contribution >= 0.6 is 22.9 Å². The van der Waals surface area contributed by atoms with Gasteiger partial charge in [0.25, 0.3) is 5.78 Å². The minimum Gasteiger partial charge on any atom is -0.358 e. The standard InChI is InChI=1S/C12H9ClF3N5S/c1-6(12(14,15)16)19-10-8(7-3-2-4-22-7)9(13)20-11-17-5-18-21(10)11/h2-6,19H,1H3/t6-/m1/s1. The van der Waals surface area contributed by atoms with E-state index < -0.39 is 12.2 Å². The Morgan fingerprint density at radius 3 is 2.82 bits per heavy atom. The second-order valence-corrected chi connectivity index (χ2v) is 5.79. The molecule has 1 atom stereocenters. The molecule has 0 aliphatic carbocycles. The first-order chi connectivity index (χ1) is 10.4. The topological polar surface area (TPSA) is 55.1 Å². The zero-order valence-corrected chi connectivity index (χ0v) is 12.7. The molecule has 0 fully saturated rings. The molecule has 0 spiro atoms. The van der Waals surface area contributed by atoms with E-state index >= 15 is 0 Å². The summed E-state index contributed by atoms with van der Waals surface area (Å²) in [5, 5.41) is 8.22. The number of alkyl halides is 3. The number of anilines is 1. The minimum atomic E-state index is -4.41. The fourth-order valence-electron chi connectivity index (χ4n) is 1.88. The molecule has 3 heterocycles. The first kappa shape index (κ1) is 15.0. The monoisotopic (exact) mass is 347 g/mol. The van der Waals surface area contributed by atoms with Gasteiger partial charge in [-0.15, -0.1) is 11.3 Å². The summed E-state index contributed by atoms with van der Waals surface area (Å²) in [6.07, 6.45) is -3.20. The fourth-order valence-corrected chi connectivity index (χ4v) is 2.97. The molecule has 0 aliphatic rings. The van der Waals surface area contributed by atoms with Gasteiger partial charge >= 0.3 is 6.18 Å². The highest BCUT2D eigenvalue weighted by molar-refractivity contribution is 7.13. The van der Waals surface area contributed by atoms with Crippen LogP contribution in [0, 0.1) is 0 Å². The Balaban J connectivity index is 2.21. The predicted molar refractivity (Wildman–Crippen MR) is 78.2 cm³/mol.